The SMILES string of the molecule is Fc1ccc(/C=N\N=C/c2ccc(F)cc2)cc1. The maximum atomic E-state index is 12.6. The fraction of sp³-hybridized carbons (Fsp3) is 0. The first-order valence-electron chi connectivity index (χ1n) is 5.31. The molecule has 2 aromatic carbocycles. The van der Waals surface area contributed by atoms with Crippen LogP contribution in [0.2, 0.25) is 0 Å². The Bertz CT molecular complexity index is 504. The van der Waals surface area contributed by atoms with Crippen LogP contribution in [-0.4, -0.2) is 12.4 Å². The third-order valence-corrected chi connectivity index (χ3v) is 2.22. The summed E-state index contributed by atoms with van der Waals surface area (Å²) in [7, 11) is 0. The molecule has 0 fully saturated rings. The Morgan fingerprint density at radius 1 is 0.611 bits per heavy atom. The number of hydrogen-bond donors (Lipinski definition) is 0. The standard InChI is InChI=1S/C14H10F2N2/c15-13-5-1-11(2-6-13)9-17-18-10-12-3-7-14(16)8-4-12/h1-10H/b17-9-,18-10-. The topological polar surface area (TPSA) is 24.7 Å². The summed E-state index contributed by atoms with van der Waals surface area (Å²) >= 11 is 0. The minimum absolute atomic E-state index is 0.290. The Labute approximate surface area is 103 Å². The molecular weight excluding hydrogens is 234 g/mol. The summed E-state index contributed by atoms with van der Waals surface area (Å²) in [4.78, 5) is 0. The van der Waals surface area contributed by atoms with E-state index < -0.39 is 0 Å². The molecular formula is C14H10F2N2. The van der Waals surface area contributed by atoms with E-state index in [2.05, 4.69) is 10.2 Å². The maximum absolute atomic E-state index is 12.6. The number of nitrogens with zero attached hydrogens (tertiary/aromatic N) is 2. The molecule has 0 saturated heterocycles. The Kier molecular flexibility index (Phi) is 3.91. The minimum Gasteiger partial charge on any atom is -0.207 e. The highest BCUT2D eigenvalue weighted by Crippen LogP contribution is 2.01. The fourth-order valence-electron chi connectivity index (χ4n) is 1.30. The van der Waals surface area contributed by atoms with E-state index in [1.54, 1.807) is 24.3 Å². The lowest BCUT2D eigenvalue weighted by Gasteiger charge is -1.91. The number of rotatable bonds is 3. The molecule has 0 bridgehead atoms. The minimum atomic E-state index is -0.290. The molecule has 18 heavy (non-hydrogen) atoms. The molecule has 0 radical (unpaired) electrons. The molecule has 0 saturated carbocycles. The van der Waals surface area contributed by atoms with Crippen molar-refractivity contribution in [3.8, 4) is 0 Å². The van der Waals surface area contributed by atoms with Crippen LogP contribution < -0.4 is 0 Å². The Hall–Kier alpha value is -2.36. The monoisotopic (exact) mass is 244 g/mol. The Morgan fingerprint density at radius 3 is 1.28 bits per heavy atom. The predicted molar refractivity (Wildman–Crippen MR) is 68.0 cm³/mol. The molecule has 2 aromatic rings. The average molecular weight is 244 g/mol. The highest BCUT2D eigenvalue weighted by molar-refractivity contribution is 5.82. The van der Waals surface area contributed by atoms with Gasteiger partial charge in [-0.15, -0.1) is 0 Å². The van der Waals surface area contributed by atoms with Crippen molar-refractivity contribution in [3.05, 3.63) is 71.3 Å². The summed E-state index contributed by atoms with van der Waals surface area (Å²) in [6.45, 7) is 0. The van der Waals surface area contributed by atoms with Crippen molar-refractivity contribution in [1.29, 1.82) is 0 Å². The molecule has 0 aliphatic rings. The van der Waals surface area contributed by atoms with Gasteiger partial charge in [-0.3, -0.25) is 0 Å². The van der Waals surface area contributed by atoms with Gasteiger partial charge in [0, 0.05) is 0 Å². The molecule has 0 unspecified atom stereocenters. The van der Waals surface area contributed by atoms with Crippen molar-refractivity contribution in [1.82, 2.24) is 0 Å². The predicted octanol–water partition coefficient (Wildman–Crippen LogP) is 3.42. The van der Waals surface area contributed by atoms with Crippen LogP contribution in [0.3, 0.4) is 0 Å². The molecule has 0 N–H and O–H groups in total. The molecule has 0 atom stereocenters. The highest BCUT2D eigenvalue weighted by Gasteiger charge is 1.90. The first-order chi connectivity index (χ1) is 8.74. The summed E-state index contributed by atoms with van der Waals surface area (Å²) in [5, 5.41) is 7.63. The van der Waals surface area contributed by atoms with Gasteiger partial charge in [0.1, 0.15) is 11.6 Å². The van der Waals surface area contributed by atoms with Crippen LogP contribution in [0.15, 0.2) is 58.7 Å². The lowest BCUT2D eigenvalue weighted by molar-refractivity contribution is 0.627. The van der Waals surface area contributed by atoms with Gasteiger partial charge in [0.25, 0.3) is 0 Å². The van der Waals surface area contributed by atoms with Gasteiger partial charge in [0.15, 0.2) is 0 Å². The lowest BCUT2D eigenvalue weighted by Crippen LogP contribution is -1.82. The van der Waals surface area contributed by atoms with Gasteiger partial charge in [0.2, 0.25) is 0 Å². The molecule has 2 nitrogen and oxygen atoms in total. The number of halogens is 2. The zero-order valence-electron chi connectivity index (χ0n) is 9.42. The lowest BCUT2D eigenvalue weighted by atomic mass is 10.2. The van der Waals surface area contributed by atoms with Crippen molar-refractivity contribution >= 4 is 12.4 Å². The molecule has 0 aliphatic carbocycles. The van der Waals surface area contributed by atoms with Crippen LogP contribution in [0.4, 0.5) is 8.78 Å². The quantitative estimate of drug-likeness (QED) is 0.584. The van der Waals surface area contributed by atoms with E-state index in [1.807, 2.05) is 0 Å². The van der Waals surface area contributed by atoms with Crippen LogP contribution in [0.1, 0.15) is 11.1 Å². The summed E-state index contributed by atoms with van der Waals surface area (Å²) in [5.74, 6) is -0.580. The molecule has 0 heterocycles. The van der Waals surface area contributed by atoms with Crippen molar-refractivity contribution in [2.45, 2.75) is 0 Å². The van der Waals surface area contributed by atoms with Crippen molar-refractivity contribution in [3.63, 3.8) is 0 Å². The Morgan fingerprint density at radius 2 is 0.944 bits per heavy atom. The van der Waals surface area contributed by atoms with Gasteiger partial charge in [-0.05, 0) is 35.4 Å². The molecule has 4 heteroatoms. The molecule has 90 valence electrons. The van der Waals surface area contributed by atoms with E-state index in [0.717, 1.165) is 11.1 Å². The third-order valence-electron chi connectivity index (χ3n) is 2.22. The van der Waals surface area contributed by atoms with Gasteiger partial charge < -0.3 is 0 Å². The third kappa shape index (κ3) is 3.59. The first-order valence-corrected chi connectivity index (χ1v) is 5.31. The molecule has 0 aliphatic heterocycles. The zero-order valence-corrected chi connectivity index (χ0v) is 9.42. The van der Waals surface area contributed by atoms with Crippen LogP contribution in [0.25, 0.3) is 0 Å². The normalized spacial score (nSPS) is 11.4. The van der Waals surface area contributed by atoms with Gasteiger partial charge in [0.05, 0.1) is 12.4 Å². The molecule has 0 spiro atoms. The van der Waals surface area contributed by atoms with Crippen LogP contribution in [-0.2, 0) is 0 Å². The van der Waals surface area contributed by atoms with Crippen LogP contribution in [0.5, 0.6) is 0 Å². The number of hydrogen-bond acceptors (Lipinski definition) is 2. The van der Waals surface area contributed by atoms with Gasteiger partial charge >= 0.3 is 0 Å². The first kappa shape index (κ1) is 12.1. The smallest absolute Gasteiger partial charge is 0.123 e. The molecule has 2 rings (SSSR count). The summed E-state index contributed by atoms with van der Waals surface area (Å²) in [6.07, 6.45) is 3.03. The number of benzene rings is 2. The van der Waals surface area contributed by atoms with E-state index in [4.69, 9.17) is 0 Å². The van der Waals surface area contributed by atoms with Crippen molar-refractivity contribution < 1.29 is 8.78 Å². The van der Waals surface area contributed by atoms with Crippen LogP contribution in [0, 0.1) is 11.6 Å². The van der Waals surface area contributed by atoms with E-state index in [9.17, 15) is 8.78 Å². The van der Waals surface area contributed by atoms with Crippen LogP contribution >= 0.6 is 0 Å². The second kappa shape index (κ2) is 5.82. The maximum Gasteiger partial charge on any atom is 0.123 e. The summed E-state index contributed by atoms with van der Waals surface area (Å²) in [6, 6.07) is 11.8. The summed E-state index contributed by atoms with van der Waals surface area (Å²) in [5.41, 5.74) is 1.51. The van der Waals surface area contributed by atoms with Gasteiger partial charge in [-0.2, -0.15) is 10.2 Å². The highest BCUT2D eigenvalue weighted by atomic mass is 19.1. The largest absolute Gasteiger partial charge is 0.207 e. The molecule has 0 aromatic heterocycles. The summed E-state index contributed by atoms with van der Waals surface area (Å²) < 4.78 is 25.2. The second-order valence-corrected chi connectivity index (χ2v) is 3.59. The van der Waals surface area contributed by atoms with Gasteiger partial charge in [-0.1, -0.05) is 24.3 Å². The van der Waals surface area contributed by atoms with E-state index in [1.165, 1.54) is 36.7 Å². The Balaban J connectivity index is 1.98. The van der Waals surface area contributed by atoms with Crippen molar-refractivity contribution in [2.75, 3.05) is 0 Å². The van der Waals surface area contributed by atoms with E-state index >= 15 is 0 Å². The second-order valence-electron chi connectivity index (χ2n) is 3.59. The van der Waals surface area contributed by atoms with E-state index in [0.29, 0.717) is 0 Å². The van der Waals surface area contributed by atoms with E-state index in [-0.39, 0.29) is 11.6 Å². The van der Waals surface area contributed by atoms with Gasteiger partial charge in [-0.25, -0.2) is 8.78 Å². The fourth-order valence-corrected chi connectivity index (χ4v) is 1.30. The molecule has 0 amide bonds. The van der Waals surface area contributed by atoms with Crippen molar-refractivity contribution in [2.24, 2.45) is 10.2 Å². The zero-order chi connectivity index (χ0) is 12.8. The average Bonchev–Trinajstić information content (AvgIpc) is 2.39.